The Morgan fingerprint density at radius 3 is 2.53 bits per heavy atom. The zero-order valence-electron chi connectivity index (χ0n) is 10.3. The zero-order valence-corrected chi connectivity index (χ0v) is 10.3. The van der Waals surface area contributed by atoms with Gasteiger partial charge >= 0.3 is 0 Å². The molecule has 90 valence electrons. The van der Waals surface area contributed by atoms with Gasteiger partial charge in [0.05, 0.1) is 0 Å². The lowest BCUT2D eigenvalue weighted by Crippen LogP contribution is -2.02. The average molecular weight is 230 g/mol. The van der Waals surface area contributed by atoms with Crippen molar-refractivity contribution in [1.29, 1.82) is 0 Å². The molecule has 0 bridgehead atoms. The Balaban J connectivity index is 2.21. The summed E-state index contributed by atoms with van der Waals surface area (Å²) in [5, 5.41) is 0. The van der Waals surface area contributed by atoms with Crippen molar-refractivity contribution < 1.29 is 4.42 Å². The number of rotatable bonds is 4. The number of nitrogens with two attached hydrogens (primary N) is 1. The second kappa shape index (κ2) is 5.15. The number of hydrogen-bond donors (Lipinski definition) is 1. The Bertz CT molecular complexity index is 471. The SMILES string of the molecule is CC(C)c1ccc(-c2coc(CCN)n2)cc1. The Hall–Kier alpha value is -1.61. The van der Waals surface area contributed by atoms with Crippen LogP contribution >= 0.6 is 0 Å². The smallest absolute Gasteiger partial charge is 0.195 e. The molecule has 0 aliphatic heterocycles. The molecular formula is C14H18N2O. The highest BCUT2D eigenvalue weighted by atomic mass is 16.3. The third-order valence-electron chi connectivity index (χ3n) is 2.78. The van der Waals surface area contributed by atoms with E-state index in [0.29, 0.717) is 24.8 Å². The third-order valence-corrected chi connectivity index (χ3v) is 2.78. The fourth-order valence-corrected chi connectivity index (χ4v) is 1.72. The van der Waals surface area contributed by atoms with Gasteiger partial charge in [0.2, 0.25) is 0 Å². The molecule has 1 aromatic carbocycles. The maximum atomic E-state index is 5.46. The van der Waals surface area contributed by atoms with Crippen LogP contribution in [0.25, 0.3) is 11.3 Å². The highest BCUT2D eigenvalue weighted by Crippen LogP contribution is 2.22. The van der Waals surface area contributed by atoms with Gasteiger partial charge in [-0.2, -0.15) is 0 Å². The van der Waals surface area contributed by atoms with Gasteiger partial charge in [-0.1, -0.05) is 38.1 Å². The molecule has 0 aliphatic rings. The summed E-state index contributed by atoms with van der Waals surface area (Å²) >= 11 is 0. The van der Waals surface area contributed by atoms with Crippen molar-refractivity contribution in [3.05, 3.63) is 42.0 Å². The summed E-state index contributed by atoms with van der Waals surface area (Å²) in [6, 6.07) is 8.44. The van der Waals surface area contributed by atoms with Crippen molar-refractivity contribution in [3.63, 3.8) is 0 Å². The van der Waals surface area contributed by atoms with E-state index in [4.69, 9.17) is 10.2 Å². The molecule has 1 heterocycles. The van der Waals surface area contributed by atoms with E-state index in [1.165, 1.54) is 5.56 Å². The number of hydrogen-bond acceptors (Lipinski definition) is 3. The van der Waals surface area contributed by atoms with Gasteiger partial charge in [0.1, 0.15) is 12.0 Å². The van der Waals surface area contributed by atoms with Crippen LogP contribution in [0.3, 0.4) is 0 Å². The molecule has 2 rings (SSSR count). The van der Waals surface area contributed by atoms with Gasteiger partial charge in [0, 0.05) is 18.5 Å². The highest BCUT2D eigenvalue weighted by molar-refractivity contribution is 5.58. The number of nitrogens with zero attached hydrogens (tertiary/aromatic N) is 1. The predicted octanol–water partition coefficient (Wildman–Crippen LogP) is 2.97. The Labute approximate surface area is 102 Å². The summed E-state index contributed by atoms with van der Waals surface area (Å²) in [5.74, 6) is 1.25. The summed E-state index contributed by atoms with van der Waals surface area (Å²) in [5.41, 5.74) is 8.76. The second-order valence-electron chi connectivity index (χ2n) is 4.44. The van der Waals surface area contributed by atoms with Gasteiger partial charge in [-0.3, -0.25) is 0 Å². The molecule has 0 spiro atoms. The van der Waals surface area contributed by atoms with Crippen molar-refractivity contribution in [1.82, 2.24) is 4.98 Å². The standard InChI is InChI=1S/C14H18N2O/c1-10(2)11-3-5-12(6-4-11)13-9-17-14(16-13)7-8-15/h3-6,9-10H,7-8,15H2,1-2H3. The minimum atomic E-state index is 0.550. The van der Waals surface area contributed by atoms with E-state index in [0.717, 1.165) is 11.3 Å². The fraction of sp³-hybridized carbons (Fsp3) is 0.357. The molecule has 0 unspecified atom stereocenters. The summed E-state index contributed by atoms with van der Waals surface area (Å²) in [6.07, 6.45) is 2.37. The maximum Gasteiger partial charge on any atom is 0.195 e. The molecule has 0 radical (unpaired) electrons. The molecule has 2 N–H and O–H groups in total. The summed E-state index contributed by atoms with van der Waals surface area (Å²) in [4.78, 5) is 4.40. The lowest BCUT2D eigenvalue weighted by molar-refractivity contribution is 0.496. The van der Waals surface area contributed by atoms with E-state index in [-0.39, 0.29) is 0 Å². The van der Waals surface area contributed by atoms with Gasteiger partial charge < -0.3 is 10.2 Å². The summed E-state index contributed by atoms with van der Waals surface area (Å²) in [7, 11) is 0. The minimum Gasteiger partial charge on any atom is -0.448 e. The van der Waals surface area contributed by atoms with Crippen LogP contribution in [0.15, 0.2) is 34.9 Å². The Kier molecular flexibility index (Phi) is 3.59. The average Bonchev–Trinajstić information content (AvgIpc) is 2.78. The van der Waals surface area contributed by atoms with Gasteiger partial charge in [-0.15, -0.1) is 0 Å². The molecule has 0 atom stereocenters. The van der Waals surface area contributed by atoms with E-state index in [9.17, 15) is 0 Å². The lowest BCUT2D eigenvalue weighted by Gasteiger charge is -2.04. The van der Waals surface area contributed by atoms with E-state index < -0.39 is 0 Å². The second-order valence-corrected chi connectivity index (χ2v) is 4.44. The van der Waals surface area contributed by atoms with Gasteiger partial charge in [-0.05, 0) is 11.5 Å². The quantitative estimate of drug-likeness (QED) is 0.878. The molecule has 0 saturated heterocycles. The number of benzene rings is 1. The Morgan fingerprint density at radius 2 is 1.94 bits per heavy atom. The normalized spacial score (nSPS) is 11.1. The molecule has 1 aromatic heterocycles. The highest BCUT2D eigenvalue weighted by Gasteiger charge is 2.06. The van der Waals surface area contributed by atoms with Crippen LogP contribution in [-0.4, -0.2) is 11.5 Å². The summed E-state index contributed by atoms with van der Waals surface area (Å²) < 4.78 is 5.35. The first-order chi connectivity index (χ1) is 8.20. The Morgan fingerprint density at radius 1 is 1.24 bits per heavy atom. The van der Waals surface area contributed by atoms with Gasteiger partial charge in [0.25, 0.3) is 0 Å². The lowest BCUT2D eigenvalue weighted by atomic mass is 10.0. The van der Waals surface area contributed by atoms with E-state index in [2.05, 4.69) is 43.1 Å². The fourth-order valence-electron chi connectivity index (χ4n) is 1.72. The van der Waals surface area contributed by atoms with Crippen LogP contribution < -0.4 is 5.73 Å². The van der Waals surface area contributed by atoms with Crippen molar-refractivity contribution in [2.24, 2.45) is 5.73 Å². The molecule has 0 amide bonds. The summed E-state index contributed by atoms with van der Waals surface area (Å²) in [6.45, 7) is 4.93. The zero-order chi connectivity index (χ0) is 12.3. The molecule has 3 nitrogen and oxygen atoms in total. The van der Waals surface area contributed by atoms with Crippen molar-refractivity contribution >= 4 is 0 Å². The van der Waals surface area contributed by atoms with Crippen LogP contribution in [0.4, 0.5) is 0 Å². The number of oxazole rings is 1. The molecule has 0 saturated carbocycles. The maximum absolute atomic E-state index is 5.46. The van der Waals surface area contributed by atoms with Crippen LogP contribution in [0.5, 0.6) is 0 Å². The third kappa shape index (κ3) is 2.74. The predicted molar refractivity (Wildman–Crippen MR) is 68.8 cm³/mol. The molecule has 2 aromatic rings. The van der Waals surface area contributed by atoms with Crippen molar-refractivity contribution in [2.75, 3.05) is 6.54 Å². The molecule has 3 heteroatoms. The van der Waals surface area contributed by atoms with E-state index in [1.807, 2.05) is 0 Å². The van der Waals surface area contributed by atoms with E-state index in [1.54, 1.807) is 6.26 Å². The monoisotopic (exact) mass is 230 g/mol. The number of aromatic nitrogens is 1. The molecule has 17 heavy (non-hydrogen) atoms. The first kappa shape index (κ1) is 11.9. The van der Waals surface area contributed by atoms with E-state index >= 15 is 0 Å². The van der Waals surface area contributed by atoms with Crippen LogP contribution in [-0.2, 0) is 6.42 Å². The van der Waals surface area contributed by atoms with Crippen molar-refractivity contribution in [3.8, 4) is 11.3 Å². The van der Waals surface area contributed by atoms with Crippen molar-refractivity contribution in [2.45, 2.75) is 26.2 Å². The minimum absolute atomic E-state index is 0.550. The van der Waals surface area contributed by atoms with Crippen LogP contribution in [0, 0.1) is 0 Å². The van der Waals surface area contributed by atoms with Crippen LogP contribution in [0.1, 0.15) is 31.2 Å². The largest absolute Gasteiger partial charge is 0.448 e. The first-order valence-corrected chi connectivity index (χ1v) is 5.95. The first-order valence-electron chi connectivity index (χ1n) is 5.95. The van der Waals surface area contributed by atoms with Gasteiger partial charge in [0.15, 0.2) is 5.89 Å². The molecule has 0 aliphatic carbocycles. The van der Waals surface area contributed by atoms with Crippen LogP contribution in [0.2, 0.25) is 0 Å². The molecular weight excluding hydrogens is 212 g/mol. The topological polar surface area (TPSA) is 52.0 Å². The van der Waals surface area contributed by atoms with Gasteiger partial charge in [-0.25, -0.2) is 4.98 Å². The molecule has 0 fully saturated rings.